The van der Waals surface area contributed by atoms with Crippen molar-refractivity contribution in [3.05, 3.63) is 29.3 Å². The molecule has 0 radical (unpaired) electrons. The summed E-state index contributed by atoms with van der Waals surface area (Å²) in [6.07, 6.45) is 8.61. The van der Waals surface area contributed by atoms with Crippen LogP contribution in [0.5, 0.6) is 5.75 Å². The molecule has 0 spiro atoms. The van der Waals surface area contributed by atoms with Gasteiger partial charge in [0.1, 0.15) is 0 Å². The molecule has 1 fully saturated rings. The van der Waals surface area contributed by atoms with Crippen LogP contribution in [0.1, 0.15) is 70.8 Å². The molecule has 1 aromatic carbocycles. The van der Waals surface area contributed by atoms with Crippen molar-refractivity contribution >= 4 is 0 Å². The lowest BCUT2D eigenvalue weighted by molar-refractivity contribution is 0.285. The van der Waals surface area contributed by atoms with Gasteiger partial charge in [0.15, 0.2) is 11.6 Å². The van der Waals surface area contributed by atoms with Crippen LogP contribution in [0.3, 0.4) is 0 Å². The predicted molar refractivity (Wildman–Crippen MR) is 94.0 cm³/mol. The Morgan fingerprint density at radius 2 is 1.79 bits per heavy atom. The molecule has 0 atom stereocenters. The van der Waals surface area contributed by atoms with Gasteiger partial charge in [0.05, 0.1) is 12.2 Å². The summed E-state index contributed by atoms with van der Waals surface area (Å²) in [5, 5.41) is 0. The van der Waals surface area contributed by atoms with E-state index in [4.69, 9.17) is 4.74 Å². The number of hydrogen-bond acceptors (Lipinski definition) is 1. The summed E-state index contributed by atoms with van der Waals surface area (Å²) in [7, 11) is 0. The summed E-state index contributed by atoms with van der Waals surface area (Å²) in [5.41, 5.74) is 0.129. The maximum atomic E-state index is 14.2. The molecule has 1 aliphatic carbocycles. The lowest BCUT2D eigenvalue weighted by Gasteiger charge is -2.21. The molecule has 1 aliphatic rings. The maximum absolute atomic E-state index is 14.2. The molecule has 0 aromatic heterocycles. The third-order valence-corrected chi connectivity index (χ3v) is 4.73. The molecule has 0 unspecified atom stereocenters. The highest BCUT2D eigenvalue weighted by molar-refractivity contribution is 5.41. The summed E-state index contributed by atoms with van der Waals surface area (Å²) in [6.45, 7) is 4.80. The van der Waals surface area contributed by atoms with Crippen LogP contribution in [0.4, 0.5) is 8.78 Å². The fraction of sp³-hybridized carbons (Fsp3) is 0.619. The summed E-state index contributed by atoms with van der Waals surface area (Å²) in [5.74, 6) is 5.18. The summed E-state index contributed by atoms with van der Waals surface area (Å²) >= 11 is 0. The summed E-state index contributed by atoms with van der Waals surface area (Å²) in [6, 6.07) is 3.02. The van der Waals surface area contributed by atoms with Gasteiger partial charge in [0.2, 0.25) is 5.82 Å². The molecule has 0 N–H and O–H groups in total. The second-order valence-electron chi connectivity index (χ2n) is 6.87. The number of benzene rings is 1. The number of rotatable bonds is 6. The molecule has 2 rings (SSSR count). The third kappa shape index (κ3) is 5.51. The van der Waals surface area contributed by atoms with E-state index in [9.17, 15) is 8.78 Å². The summed E-state index contributed by atoms with van der Waals surface area (Å²) in [4.78, 5) is 0. The Hall–Kier alpha value is -1.56. The number of halogens is 2. The fourth-order valence-corrected chi connectivity index (χ4v) is 3.03. The molecule has 3 heteroatoms. The first-order valence-electron chi connectivity index (χ1n) is 9.24. The molecule has 0 aliphatic heterocycles. The monoisotopic (exact) mass is 334 g/mol. The van der Waals surface area contributed by atoms with Crippen molar-refractivity contribution in [3.63, 3.8) is 0 Å². The predicted octanol–water partition coefficient (Wildman–Crippen LogP) is 6.10. The van der Waals surface area contributed by atoms with Gasteiger partial charge in [0.25, 0.3) is 0 Å². The van der Waals surface area contributed by atoms with Gasteiger partial charge in [-0.1, -0.05) is 45.0 Å². The first-order valence-corrected chi connectivity index (χ1v) is 9.24. The van der Waals surface area contributed by atoms with Crippen molar-refractivity contribution in [2.24, 2.45) is 11.8 Å². The van der Waals surface area contributed by atoms with Crippen LogP contribution in [0.2, 0.25) is 0 Å². The van der Waals surface area contributed by atoms with Gasteiger partial charge in [-0.3, -0.25) is 0 Å². The largest absolute Gasteiger partial charge is 0.490 e. The second kappa shape index (κ2) is 9.67. The Bertz CT molecular complexity index is 577. The van der Waals surface area contributed by atoms with Crippen LogP contribution in [-0.4, -0.2) is 6.61 Å². The van der Waals surface area contributed by atoms with E-state index in [1.165, 1.54) is 25.0 Å². The van der Waals surface area contributed by atoms with Crippen LogP contribution >= 0.6 is 0 Å². The molecule has 132 valence electrons. The summed E-state index contributed by atoms with van der Waals surface area (Å²) < 4.78 is 33.6. The molecule has 1 saturated carbocycles. The van der Waals surface area contributed by atoms with Crippen molar-refractivity contribution in [2.75, 3.05) is 6.61 Å². The lowest BCUT2D eigenvalue weighted by Crippen LogP contribution is -2.10. The fourth-order valence-electron chi connectivity index (χ4n) is 3.03. The molecule has 24 heavy (non-hydrogen) atoms. The van der Waals surface area contributed by atoms with Gasteiger partial charge >= 0.3 is 0 Å². The van der Waals surface area contributed by atoms with E-state index in [-0.39, 0.29) is 11.3 Å². The van der Waals surface area contributed by atoms with Gasteiger partial charge in [0, 0.05) is 5.92 Å². The van der Waals surface area contributed by atoms with E-state index in [1.807, 2.05) is 0 Å². The number of unbranched alkanes of at least 4 members (excludes halogenated alkanes) is 3. The van der Waals surface area contributed by atoms with E-state index in [0.717, 1.165) is 44.4 Å². The average Bonchev–Trinajstić information content (AvgIpc) is 2.59. The first kappa shape index (κ1) is 18.8. The minimum Gasteiger partial charge on any atom is -0.490 e. The second-order valence-corrected chi connectivity index (χ2v) is 6.87. The quantitative estimate of drug-likeness (QED) is 0.451. The molecule has 1 nitrogen and oxygen atoms in total. The normalized spacial score (nSPS) is 20.3. The topological polar surface area (TPSA) is 9.23 Å². The van der Waals surface area contributed by atoms with Crippen molar-refractivity contribution in [2.45, 2.75) is 65.2 Å². The standard InChI is InChI=1S/C21H28F2O/c1-3-4-5-6-15-24-19-14-13-18(20(22)21(19)23)12-11-17-9-7-16(2)8-10-17/h13-14,16-17H,3-10,15H2,1-2H3/t16-,17-. The zero-order valence-electron chi connectivity index (χ0n) is 14.8. The van der Waals surface area contributed by atoms with Crippen LogP contribution in [-0.2, 0) is 0 Å². The molecular weight excluding hydrogens is 306 g/mol. The first-order chi connectivity index (χ1) is 11.6. The lowest BCUT2D eigenvalue weighted by atomic mass is 9.83. The van der Waals surface area contributed by atoms with Crippen molar-refractivity contribution in [1.82, 2.24) is 0 Å². The highest BCUT2D eigenvalue weighted by atomic mass is 19.2. The minimum absolute atomic E-state index is 0.0129. The van der Waals surface area contributed by atoms with Gasteiger partial charge in [-0.15, -0.1) is 0 Å². The Kier molecular flexibility index (Phi) is 7.56. The molecule has 0 saturated heterocycles. The van der Waals surface area contributed by atoms with E-state index in [0.29, 0.717) is 12.5 Å². The average molecular weight is 334 g/mol. The minimum atomic E-state index is -0.922. The highest BCUT2D eigenvalue weighted by Crippen LogP contribution is 2.28. The van der Waals surface area contributed by atoms with Gasteiger partial charge < -0.3 is 4.74 Å². The Labute approximate surface area is 144 Å². The maximum Gasteiger partial charge on any atom is 0.201 e. The SMILES string of the molecule is CCCCCCOc1ccc(C#C[C@H]2CC[C@H](C)CC2)c(F)c1F. The van der Waals surface area contributed by atoms with Crippen LogP contribution in [0.15, 0.2) is 12.1 Å². The molecule has 0 amide bonds. The number of ether oxygens (including phenoxy) is 1. The number of hydrogen-bond donors (Lipinski definition) is 0. The van der Waals surface area contributed by atoms with Crippen molar-refractivity contribution in [1.29, 1.82) is 0 Å². The van der Waals surface area contributed by atoms with Gasteiger partial charge in [-0.25, -0.2) is 4.39 Å². The van der Waals surface area contributed by atoms with E-state index in [1.54, 1.807) is 0 Å². The smallest absolute Gasteiger partial charge is 0.201 e. The van der Waals surface area contributed by atoms with Gasteiger partial charge in [-0.2, -0.15) is 4.39 Å². The van der Waals surface area contributed by atoms with E-state index >= 15 is 0 Å². The van der Waals surface area contributed by atoms with Crippen LogP contribution < -0.4 is 4.74 Å². The van der Waals surface area contributed by atoms with E-state index < -0.39 is 11.6 Å². The van der Waals surface area contributed by atoms with Crippen molar-refractivity contribution < 1.29 is 13.5 Å². The highest BCUT2D eigenvalue weighted by Gasteiger charge is 2.17. The molecule has 1 aromatic rings. The Morgan fingerprint density at radius 3 is 2.50 bits per heavy atom. The van der Waals surface area contributed by atoms with Crippen LogP contribution in [0.25, 0.3) is 0 Å². The zero-order valence-corrected chi connectivity index (χ0v) is 14.8. The van der Waals surface area contributed by atoms with Crippen molar-refractivity contribution in [3.8, 4) is 17.6 Å². The zero-order chi connectivity index (χ0) is 17.4. The molecular formula is C21H28F2O. The van der Waals surface area contributed by atoms with Gasteiger partial charge in [-0.05, 0) is 50.2 Å². The van der Waals surface area contributed by atoms with E-state index in [2.05, 4.69) is 25.7 Å². The molecule has 0 bridgehead atoms. The molecule has 0 heterocycles. The Balaban J connectivity index is 1.94. The van der Waals surface area contributed by atoms with Crippen LogP contribution in [0, 0.1) is 35.3 Å². The third-order valence-electron chi connectivity index (χ3n) is 4.73. The Morgan fingerprint density at radius 1 is 1.04 bits per heavy atom.